The minimum absolute atomic E-state index is 0.145. The van der Waals surface area contributed by atoms with Crippen LogP contribution in [-0.4, -0.2) is 28.6 Å². The fourth-order valence-electron chi connectivity index (χ4n) is 2.62. The van der Waals surface area contributed by atoms with Crippen LogP contribution in [0.4, 0.5) is 13.2 Å². The van der Waals surface area contributed by atoms with Crippen molar-refractivity contribution in [2.75, 3.05) is 6.61 Å². The van der Waals surface area contributed by atoms with E-state index in [-0.39, 0.29) is 11.9 Å². The van der Waals surface area contributed by atoms with E-state index in [1.807, 2.05) is 11.6 Å². The van der Waals surface area contributed by atoms with E-state index in [9.17, 15) is 13.2 Å². The zero-order valence-electron chi connectivity index (χ0n) is 11.5. The third-order valence-corrected chi connectivity index (χ3v) is 3.61. The van der Waals surface area contributed by atoms with Crippen molar-refractivity contribution in [3.05, 3.63) is 24.0 Å². The van der Waals surface area contributed by atoms with Crippen LogP contribution in [0.2, 0.25) is 0 Å². The number of halogens is 3. The quantitative estimate of drug-likeness (QED) is 0.873. The number of fused-ring (bicyclic) bond motifs is 1. The minimum Gasteiger partial charge on any atom is -0.406 e. The van der Waals surface area contributed by atoms with Gasteiger partial charge in [0.1, 0.15) is 11.6 Å². The summed E-state index contributed by atoms with van der Waals surface area (Å²) in [5.74, 6) is 0.554. The van der Waals surface area contributed by atoms with Crippen LogP contribution in [0.25, 0.3) is 11.0 Å². The molecule has 0 amide bonds. The van der Waals surface area contributed by atoms with Crippen molar-refractivity contribution in [1.29, 1.82) is 0 Å². The highest BCUT2D eigenvalue weighted by Gasteiger charge is 2.31. The number of aromatic nitrogens is 2. The van der Waals surface area contributed by atoms with E-state index >= 15 is 0 Å². The molecule has 0 bridgehead atoms. The van der Waals surface area contributed by atoms with Crippen LogP contribution in [0.1, 0.15) is 18.7 Å². The molecule has 4 nitrogen and oxygen atoms in total. The average Bonchev–Trinajstić information content (AvgIpc) is 2.98. The molecule has 1 fully saturated rings. The third kappa shape index (κ3) is 3.12. The maximum absolute atomic E-state index is 12.2. The second kappa shape index (κ2) is 5.22. The van der Waals surface area contributed by atoms with Gasteiger partial charge >= 0.3 is 6.36 Å². The lowest BCUT2D eigenvalue weighted by Crippen LogP contribution is -2.16. The first-order valence-corrected chi connectivity index (χ1v) is 6.75. The molecule has 0 saturated carbocycles. The maximum Gasteiger partial charge on any atom is 0.573 e. The molecular weight excluding hydrogens is 285 g/mol. The van der Waals surface area contributed by atoms with Gasteiger partial charge in [-0.15, -0.1) is 13.2 Å². The summed E-state index contributed by atoms with van der Waals surface area (Å²) in [5.41, 5.74) is 1.27. The Hall–Kier alpha value is -1.76. The number of alkyl halides is 3. The van der Waals surface area contributed by atoms with Crippen molar-refractivity contribution in [3.63, 3.8) is 0 Å². The number of imidazole rings is 1. The Morgan fingerprint density at radius 3 is 2.90 bits per heavy atom. The van der Waals surface area contributed by atoms with Crippen molar-refractivity contribution in [1.82, 2.24) is 9.55 Å². The molecule has 1 aromatic heterocycles. The highest BCUT2D eigenvalue weighted by Crippen LogP contribution is 2.27. The molecule has 1 aliphatic heterocycles. The molecule has 3 rings (SSSR count). The van der Waals surface area contributed by atoms with Crippen molar-refractivity contribution in [3.8, 4) is 5.75 Å². The van der Waals surface area contributed by atoms with Crippen LogP contribution < -0.4 is 4.74 Å². The molecule has 0 unspecified atom stereocenters. The van der Waals surface area contributed by atoms with Crippen LogP contribution in [-0.2, 0) is 18.2 Å². The highest BCUT2D eigenvalue weighted by atomic mass is 19.4. The van der Waals surface area contributed by atoms with Gasteiger partial charge in [0.15, 0.2) is 0 Å². The van der Waals surface area contributed by atoms with Gasteiger partial charge in [0.2, 0.25) is 0 Å². The average molecular weight is 300 g/mol. The Bertz CT molecular complexity index is 645. The monoisotopic (exact) mass is 300 g/mol. The van der Waals surface area contributed by atoms with Crippen LogP contribution >= 0.6 is 0 Å². The number of ether oxygens (including phenoxy) is 2. The van der Waals surface area contributed by atoms with E-state index in [1.54, 1.807) is 6.07 Å². The molecule has 1 aliphatic rings. The number of rotatable bonds is 3. The Balaban J connectivity index is 1.87. The van der Waals surface area contributed by atoms with Gasteiger partial charge in [-0.25, -0.2) is 4.98 Å². The lowest BCUT2D eigenvalue weighted by molar-refractivity contribution is -0.274. The SMILES string of the molecule is Cn1c(C[C@H]2CCCO2)nc2cc(OC(F)(F)F)ccc21. The van der Waals surface area contributed by atoms with E-state index in [0.29, 0.717) is 11.9 Å². The predicted octanol–water partition coefficient (Wildman–Crippen LogP) is 3.19. The summed E-state index contributed by atoms with van der Waals surface area (Å²) in [6.07, 6.45) is -1.85. The number of hydrogen-bond acceptors (Lipinski definition) is 3. The molecule has 0 N–H and O–H groups in total. The summed E-state index contributed by atoms with van der Waals surface area (Å²) < 4.78 is 48.1. The van der Waals surface area contributed by atoms with Crippen LogP contribution in [0, 0.1) is 0 Å². The van der Waals surface area contributed by atoms with Crippen molar-refractivity contribution >= 4 is 11.0 Å². The third-order valence-electron chi connectivity index (χ3n) is 3.61. The first-order chi connectivity index (χ1) is 9.92. The summed E-state index contributed by atoms with van der Waals surface area (Å²) >= 11 is 0. The van der Waals surface area contributed by atoms with Crippen molar-refractivity contribution < 1.29 is 22.6 Å². The van der Waals surface area contributed by atoms with Crippen molar-refractivity contribution in [2.45, 2.75) is 31.7 Å². The van der Waals surface area contributed by atoms with Gasteiger partial charge in [0.25, 0.3) is 0 Å². The van der Waals surface area contributed by atoms with E-state index in [2.05, 4.69) is 9.72 Å². The number of benzene rings is 1. The Labute approximate surface area is 119 Å². The Kier molecular flexibility index (Phi) is 3.52. The fourth-order valence-corrected chi connectivity index (χ4v) is 2.62. The van der Waals surface area contributed by atoms with Crippen LogP contribution in [0.3, 0.4) is 0 Å². The zero-order chi connectivity index (χ0) is 15.0. The van der Waals surface area contributed by atoms with E-state index in [4.69, 9.17) is 4.74 Å². The molecule has 0 spiro atoms. The smallest absolute Gasteiger partial charge is 0.406 e. The lowest BCUT2D eigenvalue weighted by atomic mass is 10.2. The number of aryl methyl sites for hydroxylation is 1. The van der Waals surface area contributed by atoms with E-state index in [0.717, 1.165) is 30.8 Å². The second-order valence-corrected chi connectivity index (χ2v) is 5.12. The first kappa shape index (κ1) is 14.2. The molecule has 1 saturated heterocycles. The van der Waals surface area contributed by atoms with Crippen LogP contribution in [0.15, 0.2) is 18.2 Å². The highest BCUT2D eigenvalue weighted by molar-refractivity contribution is 5.77. The number of nitrogens with zero attached hydrogens (tertiary/aromatic N) is 2. The van der Waals surface area contributed by atoms with Gasteiger partial charge in [-0.05, 0) is 25.0 Å². The van der Waals surface area contributed by atoms with Gasteiger partial charge in [-0.2, -0.15) is 0 Å². The van der Waals surface area contributed by atoms with Gasteiger partial charge in [0.05, 0.1) is 17.1 Å². The zero-order valence-corrected chi connectivity index (χ0v) is 11.5. The molecule has 2 heterocycles. The van der Waals surface area contributed by atoms with E-state index in [1.165, 1.54) is 12.1 Å². The Morgan fingerprint density at radius 2 is 2.24 bits per heavy atom. The maximum atomic E-state index is 12.2. The molecule has 114 valence electrons. The summed E-state index contributed by atoms with van der Waals surface area (Å²) in [4.78, 5) is 4.40. The summed E-state index contributed by atoms with van der Waals surface area (Å²) in [6, 6.07) is 4.19. The summed E-state index contributed by atoms with van der Waals surface area (Å²) in [6.45, 7) is 0.762. The molecule has 0 aliphatic carbocycles. The standard InChI is InChI=1S/C14H15F3N2O2/c1-19-12-5-4-10(21-14(15,16)17)7-11(12)18-13(19)8-9-3-2-6-20-9/h4-5,7,9H,2-3,6,8H2,1H3/t9-/m1/s1. The summed E-state index contributed by atoms with van der Waals surface area (Å²) in [7, 11) is 1.85. The second-order valence-electron chi connectivity index (χ2n) is 5.12. The van der Waals surface area contributed by atoms with Gasteiger partial charge in [0, 0.05) is 26.1 Å². The molecule has 2 aromatic rings. The molecule has 7 heteroatoms. The lowest BCUT2D eigenvalue weighted by Gasteiger charge is -2.09. The fraction of sp³-hybridized carbons (Fsp3) is 0.500. The summed E-state index contributed by atoms with van der Waals surface area (Å²) in [5, 5.41) is 0. The molecule has 0 radical (unpaired) electrons. The Morgan fingerprint density at radius 1 is 1.43 bits per heavy atom. The molecule has 1 aromatic carbocycles. The van der Waals surface area contributed by atoms with Crippen molar-refractivity contribution in [2.24, 2.45) is 7.05 Å². The largest absolute Gasteiger partial charge is 0.573 e. The van der Waals surface area contributed by atoms with Gasteiger partial charge in [-0.3, -0.25) is 0 Å². The predicted molar refractivity (Wildman–Crippen MR) is 70.1 cm³/mol. The normalized spacial score (nSPS) is 19.3. The first-order valence-electron chi connectivity index (χ1n) is 6.75. The minimum atomic E-state index is -4.69. The number of hydrogen-bond donors (Lipinski definition) is 0. The van der Waals surface area contributed by atoms with Gasteiger partial charge in [-0.1, -0.05) is 0 Å². The molecular formula is C14H15F3N2O2. The van der Waals surface area contributed by atoms with E-state index < -0.39 is 6.36 Å². The molecule has 1 atom stereocenters. The topological polar surface area (TPSA) is 36.3 Å². The van der Waals surface area contributed by atoms with Gasteiger partial charge < -0.3 is 14.0 Å². The van der Waals surface area contributed by atoms with Crippen LogP contribution in [0.5, 0.6) is 5.75 Å². The molecule has 21 heavy (non-hydrogen) atoms.